The molecule has 8 heteroatoms. The van der Waals surface area contributed by atoms with Crippen molar-refractivity contribution in [1.82, 2.24) is 10.6 Å². The van der Waals surface area contributed by atoms with E-state index in [1.807, 2.05) is 6.07 Å². The molecule has 7 nitrogen and oxygen atoms in total. The Balaban J connectivity index is 1.65. The molecule has 2 amide bonds. The van der Waals surface area contributed by atoms with Crippen LogP contribution in [-0.2, 0) is 19.4 Å². The van der Waals surface area contributed by atoms with Crippen LogP contribution in [0, 0.1) is 0 Å². The van der Waals surface area contributed by atoms with Crippen LogP contribution in [0.25, 0.3) is 0 Å². The number of carbonyl (C=O) groups excluding carboxylic acids is 2. The van der Waals surface area contributed by atoms with Crippen LogP contribution < -0.4 is 15.4 Å². The van der Waals surface area contributed by atoms with Gasteiger partial charge in [-0.3, -0.25) is 9.59 Å². The standard InChI is InChI=1S/C18H20N2O5S/c21-17(13-20-18(22)14-25-15-7-3-1-4-8-15)19-11-12-26(23,24)16-9-5-2-6-10-16/h1-10H,11-14H2,(H,19,21)(H,20,22). The van der Waals surface area contributed by atoms with E-state index in [-0.39, 0.29) is 30.3 Å². The first-order valence-electron chi connectivity index (χ1n) is 7.96. The molecule has 0 fully saturated rings. The SMILES string of the molecule is O=C(CNC(=O)COc1ccccc1)NCCS(=O)(=O)c1ccccc1. The molecule has 0 aromatic heterocycles. The van der Waals surface area contributed by atoms with Crippen molar-refractivity contribution >= 4 is 21.7 Å². The van der Waals surface area contributed by atoms with Gasteiger partial charge in [0.25, 0.3) is 5.91 Å². The fourth-order valence-electron chi connectivity index (χ4n) is 2.03. The van der Waals surface area contributed by atoms with Crippen molar-refractivity contribution in [3.8, 4) is 5.75 Å². The summed E-state index contributed by atoms with van der Waals surface area (Å²) >= 11 is 0. The van der Waals surface area contributed by atoms with Gasteiger partial charge in [-0.15, -0.1) is 0 Å². The molecular weight excluding hydrogens is 356 g/mol. The number of benzene rings is 2. The third-order valence-electron chi connectivity index (χ3n) is 3.35. The van der Waals surface area contributed by atoms with Gasteiger partial charge in [0.15, 0.2) is 16.4 Å². The van der Waals surface area contributed by atoms with E-state index >= 15 is 0 Å². The van der Waals surface area contributed by atoms with Crippen LogP contribution in [0.1, 0.15) is 0 Å². The Kier molecular flexibility index (Phi) is 7.16. The number of ether oxygens (including phenoxy) is 1. The van der Waals surface area contributed by atoms with E-state index in [1.54, 1.807) is 42.5 Å². The van der Waals surface area contributed by atoms with Crippen molar-refractivity contribution in [2.45, 2.75) is 4.90 Å². The maximum absolute atomic E-state index is 12.1. The van der Waals surface area contributed by atoms with Crippen molar-refractivity contribution < 1.29 is 22.7 Å². The highest BCUT2D eigenvalue weighted by Gasteiger charge is 2.14. The molecule has 0 saturated heterocycles. The predicted octanol–water partition coefficient (Wildman–Crippen LogP) is 0.772. The maximum atomic E-state index is 12.1. The van der Waals surface area contributed by atoms with Gasteiger partial charge in [0, 0.05) is 6.54 Å². The highest BCUT2D eigenvalue weighted by Crippen LogP contribution is 2.09. The Labute approximate surface area is 152 Å². The van der Waals surface area contributed by atoms with Crippen molar-refractivity contribution in [3.63, 3.8) is 0 Å². The fraction of sp³-hybridized carbons (Fsp3) is 0.222. The lowest BCUT2D eigenvalue weighted by Gasteiger charge is -2.09. The van der Waals surface area contributed by atoms with Crippen molar-refractivity contribution in [2.24, 2.45) is 0 Å². The number of para-hydroxylation sites is 1. The van der Waals surface area contributed by atoms with Crippen LogP contribution in [0.15, 0.2) is 65.6 Å². The quantitative estimate of drug-likeness (QED) is 0.673. The maximum Gasteiger partial charge on any atom is 0.258 e. The summed E-state index contributed by atoms with van der Waals surface area (Å²) < 4.78 is 29.4. The average Bonchev–Trinajstić information content (AvgIpc) is 2.66. The molecule has 2 aromatic carbocycles. The summed E-state index contributed by atoms with van der Waals surface area (Å²) in [6.07, 6.45) is 0. The number of amides is 2. The van der Waals surface area contributed by atoms with Crippen molar-refractivity contribution in [3.05, 3.63) is 60.7 Å². The van der Waals surface area contributed by atoms with Crippen LogP contribution in [0.4, 0.5) is 0 Å². The Morgan fingerprint density at radius 1 is 0.846 bits per heavy atom. The van der Waals surface area contributed by atoms with Crippen LogP contribution in [0.2, 0.25) is 0 Å². The highest BCUT2D eigenvalue weighted by molar-refractivity contribution is 7.91. The zero-order valence-corrected chi connectivity index (χ0v) is 14.9. The van der Waals surface area contributed by atoms with Gasteiger partial charge in [-0.25, -0.2) is 8.42 Å². The smallest absolute Gasteiger partial charge is 0.258 e. The minimum Gasteiger partial charge on any atom is -0.484 e. The second kappa shape index (κ2) is 9.57. The molecule has 138 valence electrons. The van der Waals surface area contributed by atoms with Gasteiger partial charge in [-0.2, -0.15) is 0 Å². The Bertz CT molecular complexity index is 823. The minimum absolute atomic E-state index is 0.0353. The molecule has 2 N–H and O–H groups in total. The summed E-state index contributed by atoms with van der Waals surface area (Å²) in [4.78, 5) is 23.5. The topological polar surface area (TPSA) is 102 Å². The lowest BCUT2D eigenvalue weighted by atomic mass is 10.3. The van der Waals surface area contributed by atoms with Crippen LogP contribution in [0.3, 0.4) is 0 Å². The molecule has 0 heterocycles. The molecular formula is C18H20N2O5S. The number of carbonyl (C=O) groups is 2. The summed E-state index contributed by atoms with van der Waals surface area (Å²) in [5.41, 5.74) is 0. The number of hydrogen-bond acceptors (Lipinski definition) is 5. The van der Waals surface area contributed by atoms with E-state index in [0.29, 0.717) is 5.75 Å². The van der Waals surface area contributed by atoms with Gasteiger partial charge < -0.3 is 15.4 Å². The monoisotopic (exact) mass is 376 g/mol. The highest BCUT2D eigenvalue weighted by atomic mass is 32.2. The zero-order chi connectivity index (χ0) is 18.8. The first-order valence-corrected chi connectivity index (χ1v) is 9.62. The molecule has 0 spiro atoms. The number of sulfone groups is 1. The Morgan fingerprint density at radius 3 is 2.12 bits per heavy atom. The molecule has 0 radical (unpaired) electrons. The molecule has 2 rings (SSSR count). The van der Waals surface area contributed by atoms with E-state index in [4.69, 9.17) is 4.74 Å². The van der Waals surface area contributed by atoms with Crippen molar-refractivity contribution in [1.29, 1.82) is 0 Å². The summed E-state index contributed by atoms with van der Waals surface area (Å²) in [5.74, 6) is -0.575. The van der Waals surface area contributed by atoms with Gasteiger partial charge in [0.1, 0.15) is 5.75 Å². The summed E-state index contributed by atoms with van der Waals surface area (Å²) in [6, 6.07) is 16.8. The largest absolute Gasteiger partial charge is 0.484 e. The molecule has 2 aromatic rings. The molecule has 0 bridgehead atoms. The summed E-state index contributed by atoms with van der Waals surface area (Å²) in [7, 11) is -3.45. The Hall–Kier alpha value is -2.87. The second-order valence-corrected chi connectivity index (χ2v) is 7.47. The molecule has 0 aliphatic carbocycles. The van der Waals surface area contributed by atoms with Gasteiger partial charge in [0.2, 0.25) is 5.91 Å². The fourth-order valence-corrected chi connectivity index (χ4v) is 3.21. The van der Waals surface area contributed by atoms with E-state index < -0.39 is 21.7 Å². The lowest BCUT2D eigenvalue weighted by molar-refractivity contribution is -0.127. The summed E-state index contributed by atoms with van der Waals surface area (Å²) in [5, 5.41) is 4.87. The first-order chi connectivity index (χ1) is 12.5. The predicted molar refractivity (Wildman–Crippen MR) is 96.5 cm³/mol. The second-order valence-electron chi connectivity index (χ2n) is 5.36. The molecule has 0 aliphatic rings. The van der Waals surface area contributed by atoms with Crippen molar-refractivity contribution in [2.75, 3.05) is 25.4 Å². The van der Waals surface area contributed by atoms with Crippen LogP contribution >= 0.6 is 0 Å². The summed E-state index contributed by atoms with van der Waals surface area (Å²) in [6.45, 7) is -0.492. The van der Waals surface area contributed by atoms with E-state index in [9.17, 15) is 18.0 Å². The molecule has 0 unspecified atom stereocenters. The molecule has 0 aliphatic heterocycles. The van der Waals surface area contributed by atoms with Gasteiger partial charge in [-0.1, -0.05) is 36.4 Å². The van der Waals surface area contributed by atoms with Crippen LogP contribution in [-0.4, -0.2) is 45.7 Å². The number of rotatable bonds is 9. The third kappa shape index (κ3) is 6.56. The number of nitrogens with one attached hydrogen (secondary N) is 2. The zero-order valence-electron chi connectivity index (χ0n) is 14.1. The third-order valence-corrected chi connectivity index (χ3v) is 5.09. The van der Waals surface area contributed by atoms with Gasteiger partial charge in [0.05, 0.1) is 17.2 Å². The van der Waals surface area contributed by atoms with Gasteiger partial charge >= 0.3 is 0 Å². The average molecular weight is 376 g/mol. The van der Waals surface area contributed by atoms with E-state index in [0.717, 1.165) is 0 Å². The van der Waals surface area contributed by atoms with Crippen LogP contribution in [0.5, 0.6) is 5.75 Å². The van der Waals surface area contributed by atoms with E-state index in [2.05, 4.69) is 10.6 Å². The molecule has 0 atom stereocenters. The van der Waals surface area contributed by atoms with Gasteiger partial charge in [-0.05, 0) is 24.3 Å². The Morgan fingerprint density at radius 2 is 1.46 bits per heavy atom. The molecule has 26 heavy (non-hydrogen) atoms. The molecule has 0 saturated carbocycles. The minimum atomic E-state index is -3.45. The first kappa shape index (κ1) is 19.5. The lowest BCUT2D eigenvalue weighted by Crippen LogP contribution is -2.40. The normalized spacial score (nSPS) is 10.8. The number of hydrogen-bond donors (Lipinski definition) is 2. The van der Waals surface area contributed by atoms with E-state index in [1.165, 1.54) is 12.1 Å².